The Balaban J connectivity index is 1.64. The van der Waals surface area contributed by atoms with Crippen LogP contribution in [0.2, 0.25) is 0 Å². The van der Waals surface area contributed by atoms with Crippen molar-refractivity contribution in [3.63, 3.8) is 0 Å². The summed E-state index contributed by atoms with van der Waals surface area (Å²) in [6.45, 7) is 0.596. The van der Waals surface area contributed by atoms with Crippen LogP contribution in [0, 0.1) is 0 Å². The van der Waals surface area contributed by atoms with Crippen molar-refractivity contribution in [3.05, 3.63) is 77.8 Å². The van der Waals surface area contributed by atoms with Crippen molar-refractivity contribution < 1.29 is 4.79 Å². The highest BCUT2D eigenvalue weighted by Crippen LogP contribution is 2.34. The van der Waals surface area contributed by atoms with Crippen LogP contribution in [0.4, 0.5) is 0 Å². The van der Waals surface area contributed by atoms with Gasteiger partial charge in [-0.25, -0.2) is 4.98 Å². The van der Waals surface area contributed by atoms with E-state index in [0.717, 1.165) is 34.4 Å². The first-order valence-electron chi connectivity index (χ1n) is 8.89. The molecule has 1 atom stereocenters. The molecule has 0 fully saturated rings. The highest BCUT2D eigenvalue weighted by molar-refractivity contribution is 5.93. The maximum Gasteiger partial charge on any atom is 0.273 e. The van der Waals surface area contributed by atoms with E-state index >= 15 is 0 Å². The van der Waals surface area contributed by atoms with Crippen molar-refractivity contribution >= 4 is 16.8 Å². The SMILES string of the molecule is Cn1nccc1C(=O)N1CCc2[nH]cnc2[C@H]1c1ccc2ccccc2n1. The normalized spacial score (nSPS) is 16.5. The lowest BCUT2D eigenvalue weighted by Gasteiger charge is -2.34. The van der Waals surface area contributed by atoms with Gasteiger partial charge in [0.05, 0.1) is 23.2 Å². The lowest BCUT2D eigenvalue weighted by molar-refractivity contribution is 0.0676. The van der Waals surface area contributed by atoms with E-state index in [-0.39, 0.29) is 11.9 Å². The molecule has 1 aliphatic heterocycles. The number of carbonyl (C=O) groups is 1. The highest BCUT2D eigenvalue weighted by atomic mass is 16.2. The number of rotatable bonds is 2. The van der Waals surface area contributed by atoms with Gasteiger partial charge in [0.2, 0.25) is 0 Å². The van der Waals surface area contributed by atoms with Crippen molar-refractivity contribution in [1.29, 1.82) is 0 Å². The number of nitrogens with zero attached hydrogens (tertiary/aromatic N) is 5. The Morgan fingerprint density at radius 3 is 2.93 bits per heavy atom. The van der Waals surface area contributed by atoms with Crippen LogP contribution in [-0.4, -0.2) is 42.1 Å². The Kier molecular flexibility index (Phi) is 3.53. The van der Waals surface area contributed by atoms with E-state index in [9.17, 15) is 4.79 Å². The lowest BCUT2D eigenvalue weighted by Crippen LogP contribution is -2.41. The molecule has 5 rings (SSSR count). The molecular weight excluding hydrogens is 340 g/mol. The number of fused-ring (bicyclic) bond motifs is 2. The molecule has 0 aliphatic carbocycles. The van der Waals surface area contributed by atoms with Crippen molar-refractivity contribution in [2.45, 2.75) is 12.5 Å². The molecule has 4 heterocycles. The predicted octanol–water partition coefficient (Wildman–Crippen LogP) is 2.48. The topological polar surface area (TPSA) is 79.7 Å². The molecular formula is C20H18N6O. The third kappa shape index (κ3) is 2.51. The summed E-state index contributed by atoms with van der Waals surface area (Å²) in [4.78, 5) is 27.7. The van der Waals surface area contributed by atoms with Crippen molar-refractivity contribution in [2.24, 2.45) is 7.05 Å². The Hall–Kier alpha value is -3.48. The summed E-state index contributed by atoms with van der Waals surface area (Å²) in [5.74, 6) is -0.0661. The monoisotopic (exact) mass is 358 g/mol. The average molecular weight is 358 g/mol. The number of amides is 1. The number of H-pyrrole nitrogens is 1. The zero-order chi connectivity index (χ0) is 18.4. The number of imidazole rings is 1. The number of para-hydroxylation sites is 1. The molecule has 1 aromatic carbocycles. The van der Waals surface area contributed by atoms with Gasteiger partial charge in [0.15, 0.2) is 0 Å². The minimum atomic E-state index is -0.327. The van der Waals surface area contributed by atoms with E-state index in [2.05, 4.69) is 15.1 Å². The summed E-state index contributed by atoms with van der Waals surface area (Å²) in [6, 6.07) is 13.4. The van der Waals surface area contributed by atoms with Crippen molar-refractivity contribution in [3.8, 4) is 0 Å². The summed E-state index contributed by atoms with van der Waals surface area (Å²) in [5, 5.41) is 5.21. The second-order valence-electron chi connectivity index (χ2n) is 6.69. The third-order valence-corrected chi connectivity index (χ3v) is 5.13. The van der Waals surface area contributed by atoms with E-state index in [1.54, 1.807) is 30.3 Å². The first kappa shape index (κ1) is 15.7. The number of carbonyl (C=O) groups excluding carboxylic acids is 1. The quantitative estimate of drug-likeness (QED) is 0.597. The fourth-order valence-corrected chi connectivity index (χ4v) is 3.76. The van der Waals surface area contributed by atoms with Crippen LogP contribution in [0.25, 0.3) is 10.9 Å². The van der Waals surface area contributed by atoms with Gasteiger partial charge in [0.25, 0.3) is 5.91 Å². The number of aromatic amines is 1. The Bertz CT molecular complexity index is 1140. The summed E-state index contributed by atoms with van der Waals surface area (Å²) in [5.41, 5.74) is 4.20. The fraction of sp³-hybridized carbons (Fsp3) is 0.200. The molecule has 1 amide bonds. The first-order valence-corrected chi connectivity index (χ1v) is 8.89. The summed E-state index contributed by atoms with van der Waals surface area (Å²) in [6.07, 6.45) is 4.07. The van der Waals surface area contributed by atoms with Gasteiger partial charge in [-0.1, -0.05) is 24.3 Å². The summed E-state index contributed by atoms with van der Waals surface area (Å²) < 4.78 is 1.60. The van der Waals surface area contributed by atoms with Crippen LogP contribution < -0.4 is 0 Å². The number of hydrogen-bond donors (Lipinski definition) is 1. The number of aromatic nitrogens is 5. The minimum Gasteiger partial charge on any atom is -0.348 e. The fourth-order valence-electron chi connectivity index (χ4n) is 3.76. The third-order valence-electron chi connectivity index (χ3n) is 5.13. The Morgan fingerprint density at radius 2 is 2.07 bits per heavy atom. The van der Waals surface area contributed by atoms with Crippen LogP contribution in [-0.2, 0) is 13.5 Å². The molecule has 1 aliphatic rings. The molecule has 27 heavy (non-hydrogen) atoms. The molecule has 1 N–H and O–H groups in total. The van der Waals surface area contributed by atoms with E-state index in [1.165, 1.54) is 0 Å². The maximum atomic E-state index is 13.3. The van der Waals surface area contributed by atoms with E-state index in [4.69, 9.17) is 4.98 Å². The lowest BCUT2D eigenvalue weighted by atomic mass is 9.98. The average Bonchev–Trinajstić information content (AvgIpc) is 3.35. The summed E-state index contributed by atoms with van der Waals surface area (Å²) in [7, 11) is 1.78. The minimum absolute atomic E-state index is 0.0661. The van der Waals surface area contributed by atoms with Crippen LogP contribution in [0.3, 0.4) is 0 Å². The van der Waals surface area contributed by atoms with Crippen LogP contribution in [0.15, 0.2) is 55.0 Å². The molecule has 7 heteroatoms. The van der Waals surface area contributed by atoms with Gasteiger partial charge in [0, 0.05) is 37.3 Å². The smallest absolute Gasteiger partial charge is 0.273 e. The molecule has 0 saturated heterocycles. The molecule has 7 nitrogen and oxygen atoms in total. The molecule has 0 bridgehead atoms. The Morgan fingerprint density at radius 1 is 1.19 bits per heavy atom. The number of aryl methyl sites for hydroxylation is 1. The van der Waals surface area contributed by atoms with Gasteiger partial charge < -0.3 is 9.88 Å². The number of nitrogens with one attached hydrogen (secondary N) is 1. The van der Waals surface area contributed by atoms with Gasteiger partial charge >= 0.3 is 0 Å². The largest absolute Gasteiger partial charge is 0.348 e. The first-order chi connectivity index (χ1) is 13.2. The van der Waals surface area contributed by atoms with Gasteiger partial charge in [-0.15, -0.1) is 0 Å². The Labute approximate surface area is 155 Å². The highest BCUT2D eigenvalue weighted by Gasteiger charge is 2.36. The standard InChI is InChI=1S/C20H18N6O/c1-25-17(8-10-23-25)20(27)26-11-9-15-18(22-12-21-15)19(26)16-7-6-13-4-2-3-5-14(13)24-16/h2-8,10,12,19H,9,11H2,1H3,(H,21,22)/t19-/m1/s1. The van der Waals surface area contributed by atoms with Crippen molar-refractivity contribution in [2.75, 3.05) is 6.54 Å². The molecule has 0 saturated carbocycles. The van der Waals surface area contributed by atoms with E-state index in [1.807, 2.05) is 41.3 Å². The maximum absolute atomic E-state index is 13.3. The second-order valence-corrected chi connectivity index (χ2v) is 6.69. The number of hydrogen-bond acceptors (Lipinski definition) is 4. The zero-order valence-electron chi connectivity index (χ0n) is 14.8. The molecule has 4 aromatic rings. The van der Waals surface area contributed by atoms with Crippen LogP contribution in [0.1, 0.15) is 33.6 Å². The van der Waals surface area contributed by atoms with E-state index < -0.39 is 0 Å². The molecule has 0 spiro atoms. The molecule has 0 radical (unpaired) electrons. The number of pyridine rings is 1. The van der Waals surface area contributed by atoms with Gasteiger partial charge in [-0.3, -0.25) is 14.5 Å². The van der Waals surface area contributed by atoms with Gasteiger partial charge in [0.1, 0.15) is 11.7 Å². The number of benzene rings is 1. The summed E-state index contributed by atoms with van der Waals surface area (Å²) >= 11 is 0. The van der Waals surface area contributed by atoms with Gasteiger partial charge in [-0.2, -0.15) is 5.10 Å². The molecule has 3 aromatic heterocycles. The van der Waals surface area contributed by atoms with Gasteiger partial charge in [-0.05, 0) is 18.2 Å². The van der Waals surface area contributed by atoms with Crippen LogP contribution in [0.5, 0.6) is 0 Å². The van der Waals surface area contributed by atoms with Crippen molar-refractivity contribution in [1.82, 2.24) is 29.6 Å². The molecule has 134 valence electrons. The zero-order valence-corrected chi connectivity index (χ0v) is 14.8. The molecule has 0 unspecified atom stereocenters. The predicted molar refractivity (Wildman–Crippen MR) is 100 cm³/mol. The van der Waals surface area contributed by atoms with Crippen LogP contribution >= 0.6 is 0 Å². The van der Waals surface area contributed by atoms with E-state index in [0.29, 0.717) is 12.2 Å². The second kappa shape index (κ2) is 6.05.